The van der Waals surface area contributed by atoms with Crippen molar-refractivity contribution in [3.05, 3.63) is 24.3 Å². The third kappa shape index (κ3) is 4.93. The van der Waals surface area contributed by atoms with Gasteiger partial charge < -0.3 is 13.8 Å². The van der Waals surface area contributed by atoms with Crippen molar-refractivity contribution in [2.45, 2.75) is 39.5 Å². The fraction of sp³-hybridized carbons (Fsp3) is 0.600. The summed E-state index contributed by atoms with van der Waals surface area (Å²) in [5.74, 6) is 0.545. The van der Waals surface area contributed by atoms with Gasteiger partial charge in [0.05, 0.1) is 20.3 Å². The van der Waals surface area contributed by atoms with Gasteiger partial charge >= 0.3 is 7.60 Å². The van der Waals surface area contributed by atoms with Gasteiger partial charge in [-0.1, -0.05) is 38.8 Å². The number of hydrogen-bond donors (Lipinski definition) is 0. The first kappa shape index (κ1) is 17.2. The Balaban J connectivity index is 2.92. The zero-order valence-electron chi connectivity index (χ0n) is 12.6. The van der Waals surface area contributed by atoms with Gasteiger partial charge in [-0.25, -0.2) is 0 Å². The van der Waals surface area contributed by atoms with Gasteiger partial charge in [-0.2, -0.15) is 0 Å². The second-order valence-corrected chi connectivity index (χ2v) is 6.54. The molecule has 1 aromatic carbocycles. The SMILES string of the molecule is CCCCOP(=O)(OCCCC)c1ccccc1OC. The van der Waals surface area contributed by atoms with E-state index in [-0.39, 0.29) is 0 Å². The molecule has 0 radical (unpaired) electrons. The number of methoxy groups -OCH3 is 1. The molecule has 20 heavy (non-hydrogen) atoms. The van der Waals surface area contributed by atoms with Crippen molar-refractivity contribution in [2.75, 3.05) is 20.3 Å². The van der Waals surface area contributed by atoms with Gasteiger partial charge in [0.2, 0.25) is 0 Å². The molecule has 0 unspecified atom stereocenters. The Hall–Kier alpha value is -0.830. The van der Waals surface area contributed by atoms with Gasteiger partial charge in [-0.05, 0) is 25.0 Å². The molecule has 0 saturated heterocycles. The number of rotatable bonds is 10. The molecule has 0 N–H and O–H groups in total. The molecule has 5 heteroatoms. The second-order valence-electron chi connectivity index (χ2n) is 4.54. The number of ether oxygens (including phenoxy) is 1. The summed E-state index contributed by atoms with van der Waals surface area (Å²) >= 11 is 0. The van der Waals surface area contributed by atoms with Gasteiger partial charge in [0, 0.05) is 0 Å². The first-order valence-corrected chi connectivity index (χ1v) is 8.75. The summed E-state index contributed by atoms with van der Waals surface area (Å²) in [7, 11) is -1.75. The minimum atomic E-state index is -3.31. The van der Waals surface area contributed by atoms with Gasteiger partial charge in [-0.15, -0.1) is 0 Å². The lowest BCUT2D eigenvalue weighted by Gasteiger charge is -2.20. The summed E-state index contributed by atoms with van der Waals surface area (Å²) < 4.78 is 29.5. The van der Waals surface area contributed by atoms with Gasteiger partial charge in [0.1, 0.15) is 11.1 Å². The van der Waals surface area contributed by atoms with Crippen LogP contribution in [0.5, 0.6) is 5.75 Å². The predicted molar refractivity (Wildman–Crippen MR) is 82.0 cm³/mol. The maximum absolute atomic E-state index is 13.0. The molecule has 0 amide bonds. The van der Waals surface area contributed by atoms with E-state index in [0.717, 1.165) is 25.7 Å². The zero-order chi connectivity index (χ0) is 14.8. The molecule has 0 aliphatic rings. The molecule has 0 atom stereocenters. The maximum atomic E-state index is 13.0. The molecular weight excluding hydrogens is 275 g/mol. The van der Waals surface area contributed by atoms with Crippen LogP contribution in [0.25, 0.3) is 0 Å². The summed E-state index contributed by atoms with van der Waals surface area (Å²) in [4.78, 5) is 0. The van der Waals surface area contributed by atoms with E-state index >= 15 is 0 Å². The van der Waals surface area contributed by atoms with E-state index in [1.54, 1.807) is 19.2 Å². The molecule has 0 bridgehead atoms. The summed E-state index contributed by atoms with van der Waals surface area (Å²) in [6, 6.07) is 7.17. The van der Waals surface area contributed by atoms with Crippen LogP contribution >= 0.6 is 7.60 Å². The zero-order valence-corrected chi connectivity index (χ0v) is 13.5. The number of hydrogen-bond acceptors (Lipinski definition) is 4. The first-order valence-electron chi connectivity index (χ1n) is 7.20. The van der Waals surface area contributed by atoms with Crippen LogP contribution in [0.15, 0.2) is 24.3 Å². The van der Waals surface area contributed by atoms with Crippen molar-refractivity contribution in [1.82, 2.24) is 0 Å². The van der Waals surface area contributed by atoms with Crippen LogP contribution in [0.4, 0.5) is 0 Å². The Morgan fingerprint density at radius 2 is 1.55 bits per heavy atom. The lowest BCUT2D eigenvalue weighted by molar-refractivity contribution is 0.208. The van der Waals surface area contributed by atoms with E-state index < -0.39 is 7.60 Å². The average Bonchev–Trinajstić information content (AvgIpc) is 2.48. The highest BCUT2D eigenvalue weighted by atomic mass is 31.2. The molecule has 0 aliphatic carbocycles. The summed E-state index contributed by atoms with van der Waals surface area (Å²) in [5.41, 5.74) is 0. The molecular formula is C15H25O4P. The van der Waals surface area contributed by atoms with Crippen molar-refractivity contribution >= 4 is 12.9 Å². The Labute approximate surface area is 122 Å². The monoisotopic (exact) mass is 300 g/mol. The maximum Gasteiger partial charge on any atom is 0.365 e. The molecule has 1 rings (SSSR count). The minimum Gasteiger partial charge on any atom is -0.496 e. The Kier molecular flexibility index (Phi) is 7.90. The standard InChI is InChI=1S/C15H25O4P/c1-4-6-12-18-20(16,19-13-7-5-2)15-11-9-8-10-14(15)17-3/h8-11H,4-7,12-13H2,1-3H3. The largest absolute Gasteiger partial charge is 0.496 e. The second kappa shape index (κ2) is 9.17. The van der Waals surface area contributed by atoms with Crippen LogP contribution in [-0.4, -0.2) is 20.3 Å². The van der Waals surface area contributed by atoms with Crippen LogP contribution in [0, 0.1) is 0 Å². The molecule has 0 spiro atoms. The minimum absolute atomic E-state index is 0.429. The van der Waals surface area contributed by atoms with Crippen LogP contribution in [-0.2, 0) is 13.6 Å². The molecule has 0 fully saturated rings. The Morgan fingerprint density at radius 1 is 1.00 bits per heavy atom. The molecule has 0 aliphatic heterocycles. The highest BCUT2D eigenvalue weighted by Gasteiger charge is 2.30. The first-order chi connectivity index (χ1) is 9.68. The quantitative estimate of drug-likeness (QED) is 0.481. The number of benzene rings is 1. The van der Waals surface area contributed by atoms with E-state index in [2.05, 4.69) is 13.8 Å². The summed E-state index contributed by atoms with van der Waals surface area (Å²) in [6.45, 7) is 4.99. The van der Waals surface area contributed by atoms with E-state index in [4.69, 9.17) is 13.8 Å². The highest BCUT2D eigenvalue weighted by molar-refractivity contribution is 7.62. The van der Waals surface area contributed by atoms with E-state index in [0.29, 0.717) is 24.3 Å². The fourth-order valence-electron chi connectivity index (χ4n) is 1.69. The lowest BCUT2D eigenvalue weighted by atomic mass is 10.3. The predicted octanol–water partition coefficient (Wildman–Crippen LogP) is 4.15. The van der Waals surface area contributed by atoms with Gasteiger partial charge in [-0.3, -0.25) is 4.57 Å². The third-order valence-electron chi connectivity index (χ3n) is 2.90. The topological polar surface area (TPSA) is 44.8 Å². The number of unbranched alkanes of at least 4 members (excludes halogenated alkanes) is 2. The van der Waals surface area contributed by atoms with E-state index in [1.165, 1.54) is 0 Å². The molecule has 114 valence electrons. The summed E-state index contributed by atoms with van der Waals surface area (Å²) in [6.07, 6.45) is 3.69. The summed E-state index contributed by atoms with van der Waals surface area (Å²) in [5, 5.41) is 0.509. The third-order valence-corrected chi connectivity index (χ3v) is 4.90. The van der Waals surface area contributed by atoms with Crippen molar-refractivity contribution < 1.29 is 18.3 Å². The van der Waals surface area contributed by atoms with Gasteiger partial charge in [0.15, 0.2) is 0 Å². The van der Waals surface area contributed by atoms with Crippen LogP contribution in [0.1, 0.15) is 39.5 Å². The normalized spacial score (nSPS) is 11.6. The fourth-order valence-corrected chi connectivity index (χ4v) is 3.49. The Morgan fingerprint density at radius 3 is 2.05 bits per heavy atom. The Bertz CT molecular complexity index is 420. The molecule has 0 aromatic heterocycles. The molecule has 0 heterocycles. The lowest BCUT2D eigenvalue weighted by Crippen LogP contribution is -2.14. The number of para-hydroxylation sites is 1. The van der Waals surface area contributed by atoms with E-state index in [9.17, 15) is 4.57 Å². The van der Waals surface area contributed by atoms with Crippen LogP contribution in [0.2, 0.25) is 0 Å². The van der Waals surface area contributed by atoms with Crippen molar-refractivity contribution in [2.24, 2.45) is 0 Å². The van der Waals surface area contributed by atoms with E-state index in [1.807, 2.05) is 12.1 Å². The van der Waals surface area contributed by atoms with Crippen molar-refractivity contribution in [3.8, 4) is 5.75 Å². The van der Waals surface area contributed by atoms with Gasteiger partial charge in [0.25, 0.3) is 0 Å². The molecule has 1 aromatic rings. The average molecular weight is 300 g/mol. The van der Waals surface area contributed by atoms with Crippen LogP contribution < -0.4 is 10.0 Å². The van der Waals surface area contributed by atoms with Crippen molar-refractivity contribution in [1.29, 1.82) is 0 Å². The molecule has 0 saturated carbocycles. The molecule has 4 nitrogen and oxygen atoms in total. The highest BCUT2D eigenvalue weighted by Crippen LogP contribution is 2.49. The van der Waals surface area contributed by atoms with Crippen molar-refractivity contribution in [3.63, 3.8) is 0 Å². The van der Waals surface area contributed by atoms with Crippen LogP contribution in [0.3, 0.4) is 0 Å². The smallest absolute Gasteiger partial charge is 0.365 e.